The Bertz CT molecular complexity index is 762. The third kappa shape index (κ3) is 1.19. The molecule has 1 aliphatic heterocycles. The quantitative estimate of drug-likeness (QED) is 0.649. The van der Waals surface area contributed by atoms with E-state index < -0.39 is 0 Å². The summed E-state index contributed by atoms with van der Waals surface area (Å²) in [6.07, 6.45) is 0. The van der Waals surface area contributed by atoms with Gasteiger partial charge in [0.2, 0.25) is 0 Å². The molecule has 0 atom stereocenters. The molecule has 0 radical (unpaired) electrons. The van der Waals surface area contributed by atoms with Crippen molar-refractivity contribution in [1.29, 1.82) is 0 Å². The lowest BCUT2D eigenvalue weighted by Gasteiger charge is -2.15. The fourth-order valence-corrected chi connectivity index (χ4v) is 2.58. The number of hydrogen-bond acceptors (Lipinski definition) is 4. The van der Waals surface area contributed by atoms with Crippen molar-refractivity contribution in [3.63, 3.8) is 0 Å². The standard InChI is InChI=1S/C13H12N4O/c14-13-11-12(8-3-1-2-4-9(8)15-13)17-5-6-18-7-10(17)16-11/h1-4H,5-7H2,(H2,14,15). The number of imidazole rings is 1. The third-order valence-corrected chi connectivity index (χ3v) is 3.38. The molecular weight excluding hydrogens is 228 g/mol. The number of fused-ring (bicyclic) bond motifs is 5. The highest BCUT2D eigenvalue weighted by atomic mass is 16.5. The zero-order valence-electron chi connectivity index (χ0n) is 9.76. The number of aromatic nitrogens is 3. The van der Waals surface area contributed by atoms with Crippen LogP contribution in [0.25, 0.3) is 21.9 Å². The molecule has 0 aliphatic carbocycles. The van der Waals surface area contributed by atoms with E-state index in [0.29, 0.717) is 12.4 Å². The van der Waals surface area contributed by atoms with Gasteiger partial charge >= 0.3 is 0 Å². The molecule has 0 saturated carbocycles. The highest BCUT2D eigenvalue weighted by Crippen LogP contribution is 2.29. The van der Waals surface area contributed by atoms with Crippen LogP contribution in [0.2, 0.25) is 0 Å². The first kappa shape index (κ1) is 9.85. The lowest BCUT2D eigenvalue weighted by Crippen LogP contribution is -2.16. The average Bonchev–Trinajstić information content (AvgIpc) is 2.79. The Balaban J connectivity index is 2.24. The van der Waals surface area contributed by atoms with E-state index in [1.165, 1.54) is 0 Å². The van der Waals surface area contributed by atoms with Crippen LogP contribution in [0.15, 0.2) is 24.3 Å². The van der Waals surface area contributed by atoms with E-state index in [9.17, 15) is 0 Å². The van der Waals surface area contributed by atoms with E-state index in [0.717, 1.165) is 40.9 Å². The molecule has 2 aromatic heterocycles. The highest BCUT2D eigenvalue weighted by Gasteiger charge is 2.19. The normalized spacial score (nSPS) is 15.1. The minimum Gasteiger partial charge on any atom is -0.382 e. The summed E-state index contributed by atoms with van der Waals surface area (Å²) in [6, 6.07) is 8.02. The summed E-state index contributed by atoms with van der Waals surface area (Å²) in [7, 11) is 0. The van der Waals surface area contributed by atoms with Crippen molar-refractivity contribution < 1.29 is 4.74 Å². The second-order valence-corrected chi connectivity index (χ2v) is 4.44. The topological polar surface area (TPSA) is 66.0 Å². The van der Waals surface area contributed by atoms with Gasteiger partial charge in [0.05, 0.1) is 17.6 Å². The lowest BCUT2D eigenvalue weighted by atomic mass is 10.2. The fraction of sp³-hybridized carbons (Fsp3) is 0.231. The second kappa shape index (κ2) is 3.43. The number of para-hydroxylation sites is 1. The van der Waals surface area contributed by atoms with Crippen molar-refractivity contribution in [3.8, 4) is 0 Å². The summed E-state index contributed by atoms with van der Waals surface area (Å²) in [4.78, 5) is 8.96. The number of nitrogen functional groups attached to an aromatic ring is 1. The Labute approximate surface area is 103 Å². The van der Waals surface area contributed by atoms with Gasteiger partial charge < -0.3 is 15.0 Å². The molecule has 1 aromatic carbocycles. The van der Waals surface area contributed by atoms with E-state index in [-0.39, 0.29) is 0 Å². The maximum Gasteiger partial charge on any atom is 0.152 e. The molecular formula is C13H12N4O. The van der Waals surface area contributed by atoms with Crippen molar-refractivity contribution >= 4 is 27.8 Å². The number of ether oxygens (including phenoxy) is 1. The molecule has 18 heavy (non-hydrogen) atoms. The van der Waals surface area contributed by atoms with Gasteiger partial charge in [0.1, 0.15) is 17.9 Å². The van der Waals surface area contributed by atoms with Gasteiger partial charge in [-0.2, -0.15) is 0 Å². The SMILES string of the molecule is Nc1nc2ccccc2c2c1nc1n2CCOC1. The molecule has 5 nitrogen and oxygen atoms in total. The number of hydrogen-bond donors (Lipinski definition) is 1. The molecule has 0 saturated heterocycles. The smallest absolute Gasteiger partial charge is 0.152 e. The van der Waals surface area contributed by atoms with Crippen LogP contribution in [0.3, 0.4) is 0 Å². The van der Waals surface area contributed by atoms with Crippen LogP contribution in [0.4, 0.5) is 5.82 Å². The van der Waals surface area contributed by atoms with Gasteiger partial charge in [-0.25, -0.2) is 9.97 Å². The van der Waals surface area contributed by atoms with Crippen LogP contribution in [-0.4, -0.2) is 21.1 Å². The monoisotopic (exact) mass is 240 g/mol. The summed E-state index contributed by atoms with van der Waals surface area (Å²) in [6.45, 7) is 2.08. The molecule has 0 unspecified atom stereocenters. The fourth-order valence-electron chi connectivity index (χ4n) is 2.58. The van der Waals surface area contributed by atoms with Crippen LogP contribution in [0, 0.1) is 0 Å². The molecule has 90 valence electrons. The molecule has 3 heterocycles. The molecule has 0 fully saturated rings. The second-order valence-electron chi connectivity index (χ2n) is 4.44. The number of nitrogens with two attached hydrogens (primary N) is 1. The largest absolute Gasteiger partial charge is 0.382 e. The molecule has 2 N–H and O–H groups in total. The van der Waals surface area contributed by atoms with Crippen LogP contribution in [0.1, 0.15) is 5.82 Å². The molecule has 0 amide bonds. The minimum atomic E-state index is 0.491. The first-order chi connectivity index (χ1) is 8.84. The van der Waals surface area contributed by atoms with E-state index in [1.54, 1.807) is 0 Å². The summed E-state index contributed by atoms with van der Waals surface area (Å²) < 4.78 is 7.63. The van der Waals surface area contributed by atoms with Gasteiger partial charge in [0.25, 0.3) is 0 Å². The number of anilines is 1. The molecule has 4 rings (SSSR count). The van der Waals surface area contributed by atoms with Crippen molar-refractivity contribution in [1.82, 2.24) is 14.5 Å². The van der Waals surface area contributed by atoms with Crippen molar-refractivity contribution in [2.45, 2.75) is 13.2 Å². The van der Waals surface area contributed by atoms with Gasteiger partial charge in [-0.1, -0.05) is 18.2 Å². The Kier molecular flexibility index (Phi) is 1.87. The Morgan fingerprint density at radius 2 is 2.11 bits per heavy atom. The number of nitrogens with zero attached hydrogens (tertiary/aromatic N) is 3. The van der Waals surface area contributed by atoms with Crippen LogP contribution >= 0.6 is 0 Å². The molecule has 0 bridgehead atoms. The Morgan fingerprint density at radius 3 is 3.06 bits per heavy atom. The summed E-state index contributed by atoms with van der Waals surface area (Å²) in [5, 5.41) is 1.10. The van der Waals surface area contributed by atoms with Crippen LogP contribution in [-0.2, 0) is 17.9 Å². The van der Waals surface area contributed by atoms with E-state index >= 15 is 0 Å². The van der Waals surface area contributed by atoms with E-state index in [4.69, 9.17) is 10.5 Å². The predicted molar refractivity (Wildman–Crippen MR) is 69.1 cm³/mol. The zero-order chi connectivity index (χ0) is 12.1. The van der Waals surface area contributed by atoms with Gasteiger partial charge in [0, 0.05) is 11.9 Å². The van der Waals surface area contributed by atoms with E-state index in [2.05, 4.69) is 20.6 Å². The highest BCUT2D eigenvalue weighted by molar-refractivity contribution is 6.06. The lowest BCUT2D eigenvalue weighted by molar-refractivity contribution is 0.0831. The van der Waals surface area contributed by atoms with Gasteiger partial charge in [-0.15, -0.1) is 0 Å². The van der Waals surface area contributed by atoms with Crippen molar-refractivity contribution in [2.24, 2.45) is 0 Å². The number of benzene rings is 1. The van der Waals surface area contributed by atoms with Crippen molar-refractivity contribution in [2.75, 3.05) is 12.3 Å². The summed E-state index contributed by atoms with van der Waals surface area (Å²) in [5.74, 6) is 1.42. The first-order valence-corrected chi connectivity index (χ1v) is 5.95. The summed E-state index contributed by atoms with van der Waals surface area (Å²) in [5.41, 5.74) is 8.79. The summed E-state index contributed by atoms with van der Waals surface area (Å²) >= 11 is 0. The first-order valence-electron chi connectivity index (χ1n) is 5.95. The van der Waals surface area contributed by atoms with Crippen LogP contribution in [0.5, 0.6) is 0 Å². The van der Waals surface area contributed by atoms with E-state index in [1.807, 2.05) is 18.2 Å². The van der Waals surface area contributed by atoms with Gasteiger partial charge in [-0.05, 0) is 6.07 Å². The Hall–Kier alpha value is -2.14. The Morgan fingerprint density at radius 1 is 1.22 bits per heavy atom. The molecule has 0 spiro atoms. The number of pyridine rings is 1. The molecule has 5 heteroatoms. The average molecular weight is 240 g/mol. The predicted octanol–water partition coefficient (Wildman–Crippen LogP) is 1.70. The third-order valence-electron chi connectivity index (χ3n) is 3.38. The molecule has 1 aliphatic rings. The maximum absolute atomic E-state index is 6.01. The maximum atomic E-state index is 6.01. The molecule has 3 aromatic rings. The number of rotatable bonds is 0. The van der Waals surface area contributed by atoms with Gasteiger partial charge in [0.15, 0.2) is 5.82 Å². The van der Waals surface area contributed by atoms with Gasteiger partial charge in [-0.3, -0.25) is 0 Å². The zero-order valence-corrected chi connectivity index (χ0v) is 9.76. The van der Waals surface area contributed by atoms with Crippen molar-refractivity contribution in [3.05, 3.63) is 30.1 Å². The van der Waals surface area contributed by atoms with Crippen LogP contribution < -0.4 is 5.73 Å². The minimum absolute atomic E-state index is 0.491.